The summed E-state index contributed by atoms with van der Waals surface area (Å²) in [6.45, 7) is 4.45. The van der Waals surface area contributed by atoms with E-state index in [-0.39, 0.29) is 28.4 Å². The van der Waals surface area contributed by atoms with Gasteiger partial charge in [0, 0.05) is 23.5 Å². The molecule has 5 nitrogen and oxygen atoms in total. The molecule has 0 aliphatic carbocycles. The lowest BCUT2D eigenvalue weighted by Crippen LogP contribution is -2.24. The Morgan fingerprint density at radius 1 is 1.16 bits per heavy atom. The monoisotopic (exact) mass is 451 g/mol. The van der Waals surface area contributed by atoms with Gasteiger partial charge in [0.1, 0.15) is 6.54 Å². The van der Waals surface area contributed by atoms with Crippen molar-refractivity contribution in [2.75, 3.05) is 5.75 Å². The van der Waals surface area contributed by atoms with Crippen molar-refractivity contribution in [2.24, 2.45) is 0 Å². The lowest BCUT2D eigenvalue weighted by atomic mass is 10.2. The smallest absolute Gasteiger partial charge is 0.339 e. The van der Waals surface area contributed by atoms with Gasteiger partial charge in [-0.25, -0.2) is 4.98 Å². The number of alkyl halides is 3. The fraction of sp³-hybridized carbons (Fsp3) is 0.409. The van der Waals surface area contributed by atoms with Crippen molar-refractivity contribution in [2.45, 2.75) is 58.0 Å². The number of fused-ring (bicyclic) bond motifs is 1. The molecular formula is C22H24F3N3O2S. The van der Waals surface area contributed by atoms with Gasteiger partial charge in [0.25, 0.3) is 5.56 Å². The highest BCUT2D eigenvalue weighted by atomic mass is 32.2. The fourth-order valence-electron chi connectivity index (χ4n) is 3.49. The van der Waals surface area contributed by atoms with Gasteiger partial charge in [-0.1, -0.05) is 37.2 Å². The number of hydrogen-bond acceptors (Lipinski definition) is 4. The first kappa shape index (κ1) is 23.1. The number of carbonyl (C=O) groups is 1. The number of nitrogens with zero attached hydrogens (tertiary/aromatic N) is 3. The van der Waals surface area contributed by atoms with Crippen LogP contribution in [-0.2, 0) is 13.1 Å². The fourth-order valence-corrected chi connectivity index (χ4v) is 4.39. The second-order valence-corrected chi connectivity index (χ2v) is 8.36. The molecule has 31 heavy (non-hydrogen) atoms. The molecule has 0 radical (unpaired) electrons. The summed E-state index contributed by atoms with van der Waals surface area (Å²) in [5.74, 6) is -0.316. The van der Waals surface area contributed by atoms with Gasteiger partial charge in [-0.2, -0.15) is 13.2 Å². The van der Waals surface area contributed by atoms with Crippen LogP contribution in [0.3, 0.4) is 0 Å². The summed E-state index contributed by atoms with van der Waals surface area (Å²) < 4.78 is 41.2. The third kappa shape index (κ3) is 5.20. The van der Waals surface area contributed by atoms with Gasteiger partial charge >= 0.3 is 6.18 Å². The van der Waals surface area contributed by atoms with Crippen molar-refractivity contribution in [3.8, 4) is 0 Å². The average Bonchev–Trinajstić information content (AvgIpc) is 2.98. The zero-order chi connectivity index (χ0) is 22.8. The number of ketones is 1. The Kier molecular flexibility index (Phi) is 6.93. The number of Topliss-reactive ketones (excluding diaryl/α,β-unsaturated/α-hetero) is 1. The number of unbranched alkanes of at least 4 members (excludes halogenated alkanes) is 1. The summed E-state index contributed by atoms with van der Waals surface area (Å²) in [4.78, 5) is 30.3. The number of hydrogen-bond donors (Lipinski definition) is 0. The third-order valence-corrected chi connectivity index (χ3v) is 6.08. The summed E-state index contributed by atoms with van der Waals surface area (Å²) in [7, 11) is 0. The highest BCUT2D eigenvalue weighted by molar-refractivity contribution is 7.99. The predicted octanol–water partition coefficient (Wildman–Crippen LogP) is 5.15. The number of thioether (sulfide) groups is 1. The lowest BCUT2D eigenvalue weighted by Gasteiger charge is -2.13. The molecule has 2 aromatic heterocycles. The first-order valence-corrected chi connectivity index (χ1v) is 11.0. The van der Waals surface area contributed by atoms with Crippen molar-refractivity contribution in [1.29, 1.82) is 0 Å². The minimum absolute atomic E-state index is 0.0206. The van der Waals surface area contributed by atoms with Crippen molar-refractivity contribution in [1.82, 2.24) is 14.1 Å². The van der Waals surface area contributed by atoms with Crippen molar-refractivity contribution >= 4 is 28.4 Å². The quantitative estimate of drug-likeness (QED) is 0.270. The van der Waals surface area contributed by atoms with E-state index in [4.69, 9.17) is 0 Å². The van der Waals surface area contributed by atoms with Crippen LogP contribution in [0.25, 0.3) is 10.9 Å². The van der Waals surface area contributed by atoms with Crippen LogP contribution < -0.4 is 5.56 Å². The van der Waals surface area contributed by atoms with E-state index < -0.39 is 12.7 Å². The van der Waals surface area contributed by atoms with Crippen molar-refractivity contribution in [3.05, 3.63) is 57.6 Å². The molecule has 0 spiro atoms. The number of rotatable bonds is 8. The van der Waals surface area contributed by atoms with Crippen molar-refractivity contribution < 1.29 is 18.0 Å². The molecule has 0 bridgehead atoms. The lowest BCUT2D eigenvalue weighted by molar-refractivity contribution is -0.141. The predicted molar refractivity (Wildman–Crippen MR) is 116 cm³/mol. The second kappa shape index (κ2) is 9.30. The number of aryl methyl sites for hydroxylation is 1. The van der Waals surface area contributed by atoms with Crippen LogP contribution in [0.1, 0.15) is 41.5 Å². The molecule has 3 aromatic rings. The molecule has 0 aliphatic rings. The van der Waals surface area contributed by atoms with E-state index in [0.29, 0.717) is 28.3 Å². The largest absolute Gasteiger partial charge is 0.406 e. The minimum atomic E-state index is -4.37. The van der Waals surface area contributed by atoms with Gasteiger partial charge < -0.3 is 4.57 Å². The maximum Gasteiger partial charge on any atom is 0.406 e. The Morgan fingerprint density at radius 3 is 2.55 bits per heavy atom. The van der Waals surface area contributed by atoms with Crippen LogP contribution in [0, 0.1) is 13.8 Å². The van der Waals surface area contributed by atoms with E-state index in [1.165, 1.54) is 13.0 Å². The first-order valence-electron chi connectivity index (χ1n) is 10.0. The van der Waals surface area contributed by atoms with Gasteiger partial charge in [0.2, 0.25) is 0 Å². The van der Waals surface area contributed by atoms with E-state index in [1.807, 2.05) is 6.92 Å². The minimum Gasteiger partial charge on any atom is -0.339 e. The van der Waals surface area contributed by atoms with Gasteiger partial charge in [-0.15, -0.1) is 0 Å². The summed E-state index contributed by atoms with van der Waals surface area (Å²) >= 11 is 1.14. The van der Waals surface area contributed by atoms with E-state index >= 15 is 0 Å². The average molecular weight is 452 g/mol. The van der Waals surface area contributed by atoms with E-state index in [2.05, 4.69) is 4.98 Å². The van der Waals surface area contributed by atoms with E-state index in [0.717, 1.165) is 29.2 Å². The summed E-state index contributed by atoms with van der Waals surface area (Å²) in [5, 5.41) is 0.958. The van der Waals surface area contributed by atoms with Gasteiger partial charge in [0.15, 0.2) is 10.9 Å². The summed E-state index contributed by atoms with van der Waals surface area (Å²) in [6, 6.07) is 8.53. The molecular weight excluding hydrogens is 427 g/mol. The summed E-state index contributed by atoms with van der Waals surface area (Å²) in [5.41, 5.74) is 1.33. The molecule has 1 aromatic carbocycles. The molecule has 0 N–H and O–H groups in total. The molecule has 9 heteroatoms. The maximum absolute atomic E-state index is 12.9. The SMILES string of the molecule is CCCCn1c(SCC(=O)c2cc(C)n(CC(F)(F)F)c2C)nc2ccccc2c1=O. The van der Waals surface area contributed by atoms with E-state index in [9.17, 15) is 22.8 Å². The van der Waals surface area contributed by atoms with Gasteiger partial charge in [-0.05, 0) is 38.5 Å². The van der Waals surface area contributed by atoms with E-state index in [1.54, 1.807) is 35.8 Å². The van der Waals surface area contributed by atoms with Crippen LogP contribution in [0.15, 0.2) is 40.3 Å². The number of para-hydroxylation sites is 1. The number of halogens is 3. The maximum atomic E-state index is 12.9. The van der Waals surface area contributed by atoms with Gasteiger partial charge in [-0.3, -0.25) is 14.2 Å². The third-order valence-electron chi connectivity index (χ3n) is 5.11. The first-order chi connectivity index (χ1) is 14.6. The molecule has 0 saturated carbocycles. The highest BCUT2D eigenvalue weighted by Gasteiger charge is 2.30. The normalized spacial score (nSPS) is 11.9. The Bertz CT molecular complexity index is 1170. The summed E-state index contributed by atoms with van der Waals surface area (Å²) in [6.07, 6.45) is -2.68. The van der Waals surface area contributed by atoms with Crippen LogP contribution in [0.2, 0.25) is 0 Å². The molecule has 0 aliphatic heterocycles. The topological polar surface area (TPSA) is 56.9 Å². The number of aromatic nitrogens is 3. The highest BCUT2D eigenvalue weighted by Crippen LogP contribution is 2.25. The number of benzene rings is 1. The Balaban J connectivity index is 1.88. The molecule has 0 unspecified atom stereocenters. The molecule has 0 saturated heterocycles. The molecule has 3 rings (SSSR count). The zero-order valence-corrected chi connectivity index (χ0v) is 18.4. The second-order valence-electron chi connectivity index (χ2n) is 7.42. The molecule has 2 heterocycles. The Labute approximate surface area is 182 Å². The van der Waals surface area contributed by atoms with Crippen LogP contribution >= 0.6 is 11.8 Å². The molecule has 166 valence electrons. The standard InChI is InChI=1S/C22H24F3N3O2S/c1-4-5-10-27-20(30)16-8-6-7-9-18(16)26-21(27)31-12-19(29)17-11-14(2)28(15(17)3)13-22(23,24)25/h6-9,11H,4-5,10,12-13H2,1-3H3. The Morgan fingerprint density at radius 2 is 1.87 bits per heavy atom. The van der Waals surface area contributed by atoms with Crippen LogP contribution in [-0.4, -0.2) is 31.8 Å². The van der Waals surface area contributed by atoms with Crippen LogP contribution in [0.5, 0.6) is 0 Å². The molecule has 0 fully saturated rings. The van der Waals surface area contributed by atoms with Crippen LogP contribution in [0.4, 0.5) is 13.2 Å². The van der Waals surface area contributed by atoms with Crippen molar-refractivity contribution in [3.63, 3.8) is 0 Å². The number of carbonyl (C=O) groups excluding carboxylic acids is 1. The Hall–Kier alpha value is -2.55. The zero-order valence-electron chi connectivity index (χ0n) is 17.6. The molecule has 0 amide bonds. The van der Waals surface area contributed by atoms with Gasteiger partial charge in [0.05, 0.1) is 16.7 Å². The molecule has 0 atom stereocenters.